The van der Waals surface area contributed by atoms with Crippen LogP contribution in [0.1, 0.15) is 25.0 Å². The Morgan fingerprint density at radius 2 is 1.92 bits per heavy atom. The van der Waals surface area contributed by atoms with Gasteiger partial charge < -0.3 is 0 Å². The predicted molar refractivity (Wildman–Crippen MR) is 88.6 cm³/mol. The van der Waals surface area contributed by atoms with E-state index in [0.717, 1.165) is 16.4 Å². The van der Waals surface area contributed by atoms with Gasteiger partial charge >= 0.3 is 6.18 Å². The van der Waals surface area contributed by atoms with E-state index in [1.807, 2.05) is 0 Å². The summed E-state index contributed by atoms with van der Waals surface area (Å²) in [5.41, 5.74) is -0.455. The molecule has 0 amide bonds. The van der Waals surface area contributed by atoms with E-state index in [1.54, 1.807) is 32.2 Å². The number of alkyl halides is 3. The largest absolute Gasteiger partial charge is 0.416 e. The molecule has 9 heteroatoms. The minimum Gasteiger partial charge on any atom is -0.264 e. The van der Waals surface area contributed by atoms with Gasteiger partial charge in [-0.2, -0.15) is 17.5 Å². The molecule has 0 fully saturated rings. The lowest BCUT2D eigenvalue weighted by Crippen LogP contribution is -2.36. The standard InChI is InChI=1S/C16H16ClF3N2O2S/c1-11(2)22(10-12-4-3-7-21-9-12)25(23,24)15-8-13(16(18,19)20)5-6-14(15)17/h3-9,11H,10H2,1-2H3. The number of sulfonamides is 1. The molecule has 0 unspecified atom stereocenters. The third kappa shape index (κ3) is 4.50. The fourth-order valence-corrected chi connectivity index (χ4v) is 4.35. The van der Waals surface area contributed by atoms with Crippen LogP contribution in [0.3, 0.4) is 0 Å². The van der Waals surface area contributed by atoms with Crippen LogP contribution in [0.15, 0.2) is 47.6 Å². The zero-order chi connectivity index (χ0) is 18.8. The van der Waals surface area contributed by atoms with Crippen LogP contribution in [0.4, 0.5) is 13.2 Å². The van der Waals surface area contributed by atoms with Crippen LogP contribution >= 0.6 is 11.6 Å². The number of pyridine rings is 1. The molecular formula is C16H16ClF3N2O2S. The lowest BCUT2D eigenvalue weighted by molar-refractivity contribution is -0.137. The topological polar surface area (TPSA) is 50.3 Å². The molecule has 0 N–H and O–H groups in total. The average Bonchev–Trinajstić information content (AvgIpc) is 2.52. The summed E-state index contributed by atoms with van der Waals surface area (Å²) in [6, 6.07) is 5.11. The lowest BCUT2D eigenvalue weighted by atomic mass is 10.2. The molecule has 0 atom stereocenters. The molecule has 0 aliphatic rings. The van der Waals surface area contributed by atoms with E-state index in [2.05, 4.69) is 4.98 Å². The van der Waals surface area contributed by atoms with E-state index in [0.29, 0.717) is 11.6 Å². The highest BCUT2D eigenvalue weighted by atomic mass is 35.5. The van der Waals surface area contributed by atoms with Crippen molar-refractivity contribution in [2.75, 3.05) is 0 Å². The van der Waals surface area contributed by atoms with Crippen molar-refractivity contribution >= 4 is 21.6 Å². The second-order valence-electron chi connectivity index (χ2n) is 5.65. The molecule has 4 nitrogen and oxygen atoms in total. The Balaban J connectivity index is 2.51. The van der Waals surface area contributed by atoms with Crippen LogP contribution in [-0.2, 0) is 22.7 Å². The molecule has 0 radical (unpaired) electrons. The number of benzene rings is 1. The number of hydrogen-bond donors (Lipinski definition) is 0. The highest BCUT2D eigenvalue weighted by molar-refractivity contribution is 7.89. The normalized spacial score (nSPS) is 12.8. The number of halogens is 4. The molecule has 2 aromatic rings. The fraction of sp³-hybridized carbons (Fsp3) is 0.312. The van der Waals surface area contributed by atoms with E-state index in [1.165, 1.54) is 6.20 Å². The minimum atomic E-state index is -4.67. The van der Waals surface area contributed by atoms with Gasteiger partial charge in [0, 0.05) is 25.0 Å². The molecule has 0 saturated heterocycles. The maximum absolute atomic E-state index is 12.9. The van der Waals surface area contributed by atoms with Gasteiger partial charge in [-0.25, -0.2) is 8.42 Å². The monoisotopic (exact) mass is 392 g/mol. The SMILES string of the molecule is CC(C)N(Cc1cccnc1)S(=O)(=O)c1cc(C(F)(F)F)ccc1Cl. The number of hydrogen-bond acceptors (Lipinski definition) is 3. The number of nitrogens with zero attached hydrogens (tertiary/aromatic N) is 2. The Hall–Kier alpha value is -1.64. The number of aromatic nitrogens is 1. The van der Waals surface area contributed by atoms with Crippen molar-refractivity contribution in [3.63, 3.8) is 0 Å². The van der Waals surface area contributed by atoms with Crippen molar-refractivity contribution in [1.82, 2.24) is 9.29 Å². The first-order chi connectivity index (χ1) is 11.5. The van der Waals surface area contributed by atoms with Crippen LogP contribution < -0.4 is 0 Å². The number of rotatable bonds is 5. The zero-order valence-corrected chi connectivity index (χ0v) is 15.0. The van der Waals surface area contributed by atoms with Gasteiger partial charge in [0.2, 0.25) is 10.0 Å². The van der Waals surface area contributed by atoms with Crippen LogP contribution in [0.25, 0.3) is 0 Å². The third-order valence-electron chi connectivity index (χ3n) is 3.48. The van der Waals surface area contributed by atoms with Crippen molar-refractivity contribution < 1.29 is 21.6 Å². The Kier molecular flexibility index (Phi) is 5.75. The van der Waals surface area contributed by atoms with Crippen molar-refractivity contribution in [2.45, 2.75) is 37.5 Å². The van der Waals surface area contributed by atoms with Gasteiger partial charge in [0.15, 0.2) is 0 Å². The summed E-state index contributed by atoms with van der Waals surface area (Å²) in [6.45, 7) is 3.24. The smallest absolute Gasteiger partial charge is 0.264 e. The summed E-state index contributed by atoms with van der Waals surface area (Å²) >= 11 is 5.90. The van der Waals surface area contributed by atoms with Crippen LogP contribution in [0.5, 0.6) is 0 Å². The average molecular weight is 393 g/mol. The van der Waals surface area contributed by atoms with Gasteiger partial charge in [0.25, 0.3) is 0 Å². The first-order valence-corrected chi connectivity index (χ1v) is 9.13. The van der Waals surface area contributed by atoms with E-state index in [9.17, 15) is 21.6 Å². The van der Waals surface area contributed by atoms with Gasteiger partial charge in [-0.05, 0) is 43.7 Å². The molecular weight excluding hydrogens is 377 g/mol. The molecule has 0 saturated carbocycles. The van der Waals surface area contributed by atoms with Gasteiger partial charge in [-0.15, -0.1) is 0 Å². The third-order valence-corrected chi connectivity index (χ3v) is 5.99. The summed E-state index contributed by atoms with van der Waals surface area (Å²) in [7, 11) is -4.24. The van der Waals surface area contributed by atoms with Crippen molar-refractivity contribution in [3.05, 3.63) is 58.9 Å². The first kappa shape index (κ1) is 19.7. The lowest BCUT2D eigenvalue weighted by Gasteiger charge is -2.26. The van der Waals surface area contributed by atoms with Gasteiger partial charge in [0.05, 0.1) is 10.6 Å². The van der Waals surface area contributed by atoms with Crippen LogP contribution in [0, 0.1) is 0 Å². The van der Waals surface area contributed by atoms with Crippen LogP contribution in [-0.4, -0.2) is 23.7 Å². The molecule has 0 aliphatic carbocycles. The van der Waals surface area contributed by atoms with Crippen molar-refractivity contribution in [1.29, 1.82) is 0 Å². The quantitative estimate of drug-likeness (QED) is 0.760. The van der Waals surface area contributed by atoms with Crippen LogP contribution in [0.2, 0.25) is 5.02 Å². The first-order valence-electron chi connectivity index (χ1n) is 7.31. The Morgan fingerprint density at radius 3 is 2.44 bits per heavy atom. The van der Waals surface area contributed by atoms with Gasteiger partial charge in [-0.3, -0.25) is 4.98 Å². The Bertz CT molecular complexity index is 840. The van der Waals surface area contributed by atoms with E-state index in [4.69, 9.17) is 11.6 Å². The molecule has 1 aromatic heterocycles. The molecule has 1 aromatic carbocycles. The maximum Gasteiger partial charge on any atom is 0.416 e. The maximum atomic E-state index is 12.9. The molecule has 25 heavy (non-hydrogen) atoms. The summed E-state index contributed by atoms with van der Waals surface area (Å²) in [4.78, 5) is 3.35. The van der Waals surface area contributed by atoms with Crippen molar-refractivity contribution in [3.8, 4) is 0 Å². The van der Waals surface area contributed by atoms with E-state index >= 15 is 0 Å². The highest BCUT2D eigenvalue weighted by Gasteiger charge is 2.35. The second kappa shape index (κ2) is 7.31. The second-order valence-corrected chi connectivity index (χ2v) is 7.91. The summed E-state index contributed by atoms with van der Waals surface area (Å²) in [5.74, 6) is 0. The fourth-order valence-electron chi connectivity index (χ4n) is 2.22. The molecule has 0 bridgehead atoms. The molecule has 2 rings (SSSR count). The Morgan fingerprint density at radius 1 is 1.24 bits per heavy atom. The Labute approximate surface area is 149 Å². The van der Waals surface area contributed by atoms with E-state index < -0.39 is 32.7 Å². The van der Waals surface area contributed by atoms with Gasteiger partial charge in [0.1, 0.15) is 4.90 Å². The molecule has 1 heterocycles. The highest BCUT2D eigenvalue weighted by Crippen LogP contribution is 2.35. The van der Waals surface area contributed by atoms with E-state index in [-0.39, 0.29) is 11.6 Å². The summed E-state index contributed by atoms with van der Waals surface area (Å²) in [5, 5.41) is -0.259. The molecule has 136 valence electrons. The van der Waals surface area contributed by atoms with Gasteiger partial charge in [-0.1, -0.05) is 17.7 Å². The van der Waals surface area contributed by atoms with Crippen molar-refractivity contribution in [2.24, 2.45) is 0 Å². The predicted octanol–water partition coefficient (Wildman–Crippen LogP) is 4.35. The summed E-state index contributed by atoms with van der Waals surface area (Å²) in [6.07, 6.45) is -1.62. The minimum absolute atomic E-state index is 0.0274. The summed E-state index contributed by atoms with van der Waals surface area (Å²) < 4.78 is 65.8. The molecule has 0 aliphatic heterocycles. The molecule has 0 spiro atoms. The zero-order valence-electron chi connectivity index (χ0n) is 13.5.